The molecule has 1 atom stereocenters. The van der Waals surface area contributed by atoms with Crippen molar-refractivity contribution in [2.75, 3.05) is 13.1 Å². The summed E-state index contributed by atoms with van der Waals surface area (Å²) in [7, 11) is 0. The number of hydrogen-bond acceptors (Lipinski definition) is 4. The van der Waals surface area contributed by atoms with Gasteiger partial charge in [-0.25, -0.2) is 4.68 Å². The van der Waals surface area contributed by atoms with Crippen LogP contribution in [0.25, 0.3) is 10.9 Å². The lowest BCUT2D eigenvalue weighted by atomic mass is 9.99. The molecule has 3 heterocycles. The lowest BCUT2D eigenvalue weighted by Crippen LogP contribution is -3.10. The maximum atomic E-state index is 13.2. The summed E-state index contributed by atoms with van der Waals surface area (Å²) in [5, 5.41) is 13.7. The third-order valence-electron chi connectivity index (χ3n) is 5.93. The number of nitrogens with one attached hydrogen (secondary N) is 2. The fourth-order valence-corrected chi connectivity index (χ4v) is 4.27. The number of aromatic nitrogens is 5. The van der Waals surface area contributed by atoms with E-state index in [1.807, 2.05) is 10.7 Å². The molecule has 0 spiro atoms. The Morgan fingerprint density at radius 2 is 1.89 bits per heavy atom. The van der Waals surface area contributed by atoms with Gasteiger partial charge in [-0.3, -0.25) is 4.79 Å². The molecule has 7 heteroatoms. The fourth-order valence-electron chi connectivity index (χ4n) is 4.27. The molecule has 1 saturated heterocycles. The number of likely N-dealkylation sites (tertiary alicyclic amines) is 1. The van der Waals surface area contributed by atoms with Crippen molar-refractivity contribution >= 4 is 10.9 Å². The zero-order valence-electron chi connectivity index (χ0n) is 17.3. The van der Waals surface area contributed by atoms with Gasteiger partial charge in [0.1, 0.15) is 0 Å². The van der Waals surface area contributed by atoms with Crippen LogP contribution in [0.2, 0.25) is 0 Å². The van der Waals surface area contributed by atoms with Crippen LogP contribution in [0.5, 0.6) is 0 Å². The Balaban J connectivity index is 1.94. The molecule has 4 rings (SSSR count). The van der Waals surface area contributed by atoms with Gasteiger partial charge in [-0.2, -0.15) is 0 Å². The highest BCUT2D eigenvalue weighted by Crippen LogP contribution is 2.24. The monoisotopic (exact) mass is 381 g/mol. The summed E-state index contributed by atoms with van der Waals surface area (Å²) in [6.07, 6.45) is 2.32. The molecular formula is C21H29N6O+. The first kappa shape index (κ1) is 18.8. The van der Waals surface area contributed by atoms with Crippen LogP contribution in [0.4, 0.5) is 0 Å². The van der Waals surface area contributed by atoms with E-state index >= 15 is 0 Å². The fraction of sp³-hybridized carbons (Fsp3) is 0.524. The molecule has 1 fully saturated rings. The van der Waals surface area contributed by atoms with E-state index in [1.54, 1.807) is 0 Å². The van der Waals surface area contributed by atoms with Gasteiger partial charge in [-0.05, 0) is 67.6 Å². The van der Waals surface area contributed by atoms with Crippen LogP contribution in [0, 0.1) is 13.8 Å². The molecule has 1 aliphatic heterocycles. The summed E-state index contributed by atoms with van der Waals surface area (Å²) in [6.45, 7) is 12.4. The second kappa shape index (κ2) is 6.81. The Morgan fingerprint density at radius 3 is 2.57 bits per heavy atom. The summed E-state index contributed by atoms with van der Waals surface area (Å²) < 4.78 is 1.87. The number of aryl methyl sites for hydroxylation is 2. The van der Waals surface area contributed by atoms with Gasteiger partial charge in [0, 0.05) is 12.8 Å². The highest BCUT2D eigenvalue weighted by Gasteiger charge is 2.37. The first-order chi connectivity index (χ1) is 13.3. The van der Waals surface area contributed by atoms with Crippen molar-refractivity contribution in [1.82, 2.24) is 25.2 Å². The molecule has 1 aliphatic rings. The smallest absolute Gasteiger partial charge is 0.258 e. The molecule has 2 aromatic heterocycles. The van der Waals surface area contributed by atoms with Gasteiger partial charge >= 0.3 is 0 Å². The second-order valence-corrected chi connectivity index (χ2v) is 8.94. The van der Waals surface area contributed by atoms with E-state index in [0.29, 0.717) is 0 Å². The lowest BCUT2D eigenvalue weighted by Gasteiger charge is -2.27. The zero-order valence-corrected chi connectivity index (χ0v) is 17.3. The molecule has 0 radical (unpaired) electrons. The number of benzene rings is 1. The van der Waals surface area contributed by atoms with Crippen molar-refractivity contribution in [1.29, 1.82) is 0 Å². The minimum absolute atomic E-state index is 0.0472. The highest BCUT2D eigenvalue weighted by atomic mass is 16.1. The molecule has 2 N–H and O–H groups in total. The molecule has 0 bridgehead atoms. The number of hydrogen-bond donors (Lipinski definition) is 2. The van der Waals surface area contributed by atoms with Crippen molar-refractivity contribution in [3.8, 4) is 0 Å². The molecule has 148 valence electrons. The Kier molecular flexibility index (Phi) is 4.57. The third-order valence-corrected chi connectivity index (χ3v) is 5.93. The number of nitrogens with zero attached hydrogens (tertiary/aromatic N) is 4. The average Bonchev–Trinajstić information content (AvgIpc) is 3.32. The first-order valence-electron chi connectivity index (χ1n) is 10.0. The quantitative estimate of drug-likeness (QED) is 0.723. The van der Waals surface area contributed by atoms with Crippen LogP contribution in [-0.2, 0) is 5.54 Å². The molecule has 28 heavy (non-hydrogen) atoms. The van der Waals surface area contributed by atoms with Crippen molar-refractivity contribution in [2.45, 2.75) is 59.0 Å². The Hall–Kier alpha value is -2.54. The molecule has 0 unspecified atom stereocenters. The highest BCUT2D eigenvalue weighted by molar-refractivity contribution is 5.83. The molecule has 1 aromatic carbocycles. The Labute approximate surface area is 164 Å². The standard InChI is InChI=1S/C21H28N6O/c1-13-8-9-15-12-16(20(28)22-17(15)14(13)2)18(26-10-6-7-11-26)19-23-24-25-27(19)21(3,4)5/h8-9,12,18H,6-7,10-11H2,1-5H3,(H,22,28)/p+1/t18-/m1/s1. The van der Waals surface area contributed by atoms with E-state index < -0.39 is 0 Å². The summed E-state index contributed by atoms with van der Waals surface area (Å²) in [6, 6.07) is 6.06. The largest absolute Gasteiger partial charge is 0.322 e. The summed E-state index contributed by atoms with van der Waals surface area (Å²) in [4.78, 5) is 17.7. The van der Waals surface area contributed by atoms with E-state index in [9.17, 15) is 4.79 Å². The summed E-state index contributed by atoms with van der Waals surface area (Å²) >= 11 is 0. The Morgan fingerprint density at radius 1 is 1.18 bits per heavy atom. The van der Waals surface area contributed by atoms with Crippen LogP contribution < -0.4 is 10.5 Å². The average molecular weight is 382 g/mol. The van der Waals surface area contributed by atoms with E-state index in [2.05, 4.69) is 67.3 Å². The van der Waals surface area contributed by atoms with Gasteiger partial charge in [-0.1, -0.05) is 12.1 Å². The van der Waals surface area contributed by atoms with Crippen molar-refractivity contribution in [2.24, 2.45) is 0 Å². The topological polar surface area (TPSA) is 80.9 Å². The van der Waals surface area contributed by atoms with Crippen LogP contribution >= 0.6 is 0 Å². The second-order valence-electron chi connectivity index (χ2n) is 8.94. The summed E-state index contributed by atoms with van der Waals surface area (Å²) in [5.74, 6) is 0.762. The SMILES string of the molecule is Cc1ccc2cc([C@H](c3nnnn3C(C)(C)C)[NH+]3CCCC3)c(=O)[nH]c2c1C. The maximum absolute atomic E-state index is 13.2. The van der Waals surface area contributed by atoms with E-state index in [0.717, 1.165) is 53.8 Å². The van der Waals surface area contributed by atoms with Crippen molar-refractivity contribution in [3.63, 3.8) is 0 Å². The van der Waals surface area contributed by atoms with Crippen LogP contribution in [0.15, 0.2) is 23.0 Å². The Bertz CT molecular complexity index is 1070. The number of H-pyrrole nitrogens is 1. The number of tetrazole rings is 1. The minimum Gasteiger partial charge on any atom is -0.322 e. The normalized spacial score (nSPS) is 16.8. The van der Waals surface area contributed by atoms with Crippen LogP contribution in [0.3, 0.4) is 0 Å². The van der Waals surface area contributed by atoms with E-state index in [1.165, 1.54) is 10.5 Å². The third kappa shape index (κ3) is 3.13. The van der Waals surface area contributed by atoms with Crippen LogP contribution in [-0.4, -0.2) is 38.3 Å². The number of fused-ring (bicyclic) bond motifs is 1. The lowest BCUT2D eigenvalue weighted by molar-refractivity contribution is -0.914. The maximum Gasteiger partial charge on any atom is 0.258 e. The van der Waals surface area contributed by atoms with Gasteiger partial charge in [0.15, 0.2) is 6.04 Å². The molecule has 0 aliphatic carbocycles. The molecule has 0 saturated carbocycles. The van der Waals surface area contributed by atoms with Gasteiger partial charge in [-0.15, -0.1) is 5.10 Å². The number of pyridine rings is 1. The van der Waals surface area contributed by atoms with E-state index in [-0.39, 0.29) is 17.1 Å². The van der Waals surface area contributed by atoms with Gasteiger partial charge < -0.3 is 9.88 Å². The predicted octanol–water partition coefficient (Wildman–Crippen LogP) is 1.65. The molecule has 0 amide bonds. The number of rotatable bonds is 3. The minimum atomic E-state index is -0.256. The van der Waals surface area contributed by atoms with Crippen molar-refractivity contribution in [3.05, 3.63) is 51.1 Å². The van der Waals surface area contributed by atoms with E-state index in [4.69, 9.17) is 0 Å². The predicted molar refractivity (Wildman–Crippen MR) is 109 cm³/mol. The first-order valence-corrected chi connectivity index (χ1v) is 10.0. The zero-order chi connectivity index (χ0) is 20.1. The molecule has 7 nitrogen and oxygen atoms in total. The summed E-state index contributed by atoms with van der Waals surface area (Å²) in [5.41, 5.74) is 3.65. The molecular weight excluding hydrogens is 352 g/mol. The van der Waals surface area contributed by atoms with Gasteiger partial charge in [0.05, 0.1) is 29.7 Å². The molecule has 3 aromatic rings. The van der Waals surface area contributed by atoms with Crippen LogP contribution in [0.1, 0.15) is 62.2 Å². The van der Waals surface area contributed by atoms with Gasteiger partial charge in [0.25, 0.3) is 5.56 Å². The van der Waals surface area contributed by atoms with Gasteiger partial charge in [0.2, 0.25) is 5.82 Å². The van der Waals surface area contributed by atoms with Crippen molar-refractivity contribution < 1.29 is 4.90 Å². The number of aromatic amines is 1. The number of quaternary nitrogens is 1.